The minimum absolute atomic E-state index is 0.478. The zero-order valence-electron chi connectivity index (χ0n) is 11.2. The first kappa shape index (κ1) is 12.4. The van der Waals surface area contributed by atoms with Crippen molar-refractivity contribution in [2.75, 3.05) is 19.6 Å². The van der Waals surface area contributed by atoms with Crippen LogP contribution in [0.4, 0.5) is 0 Å². The van der Waals surface area contributed by atoms with Gasteiger partial charge in [-0.25, -0.2) is 0 Å². The molecule has 0 spiro atoms. The number of rotatable bonds is 3. The van der Waals surface area contributed by atoms with Crippen molar-refractivity contribution in [1.29, 1.82) is 0 Å². The van der Waals surface area contributed by atoms with Gasteiger partial charge in [-0.1, -0.05) is 33.6 Å². The van der Waals surface area contributed by atoms with Crippen LogP contribution < -0.4 is 5.73 Å². The van der Waals surface area contributed by atoms with E-state index < -0.39 is 0 Å². The first-order chi connectivity index (χ1) is 7.52. The fourth-order valence-corrected chi connectivity index (χ4v) is 3.31. The normalized spacial score (nSPS) is 27.0. The van der Waals surface area contributed by atoms with Crippen LogP contribution in [0.2, 0.25) is 0 Å². The third-order valence-electron chi connectivity index (χ3n) is 4.79. The van der Waals surface area contributed by atoms with Crippen molar-refractivity contribution < 1.29 is 0 Å². The van der Waals surface area contributed by atoms with Gasteiger partial charge in [0.15, 0.2) is 0 Å². The molecule has 0 radical (unpaired) electrons. The van der Waals surface area contributed by atoms with E-state index in [0.717, 1.165) is 18.4 Å². The van der Waals surface area contributed by atoms with Crippen molar-refractivity contribution in [3.05, 3.63) is 0 Å². The summed E-state index contributed by atoms with van der Waals surface area (Å²) < 4.78 is 0. The van der Waals surface area contributed by atoms with Gasteiger partial charge in [-0.05, 0) is 30.1 Å². The number of hydrogen-bond donors (Lipinski definition) is 1. The Bertz CT molecular complexity index is 219. The topological polar surface area (TPSA) is 29.3 Å². The summed E-state index contributed by atoms with van der Waals surface area (Å²) in [6.45, 7) is 10.5. The van der Waals surface area contributed by atoms with Crippen LogP contribution in [0.5, 0.6) is 0 Å². The summed E-state index contributed by atoms with van der Waals surface area (Å²) in [6, 6.07) is 0.682. The minimum atomic E-state index is 0.478. The maximum atomic E-state index is 5.98. The Morgan fingerprint density at radius 1 is 1.19 bits per heavy atom. The fraction of sp³-hybridized carbons (Fsp3) is 1.00. The van der Waals surface area contributed by atoms with Gasteiger partial charge >= 0.3 is 0 Å². The van der Waals surface area contributed by atoms with Crippen molar-refractivity contribution in [2.45, 2.75) is 52.5 Å². The van der Waals surface area contributed by atoms with Crippen LogP contribution in [0.25, 0.3) is 0 Å². The third-order valence-corrected chi connectivity index (χ3v) is 4.79. The van der Waals surface area contributed by atoms with Gasteiger partial charge in [0, 0.05) is 25.7 Å². The van der Waals surface area contributed by atoms with Gasteiger partial charge in [0.1, 0.15) is 0 Å². The Kier molecular flexibility index (Phi) is 3.60. The van der Waals surface area contributed by atoms with Crippen molar-refractivity contribution in [1.82, 2.24) is 4.90 Å². The highest BCUT2D eigenvalue weighted by Gasteiger charge is 2.40. The van der Waals surface area contributed by atoms with Crippen molar-refractivity contribution in [2.24, 2.45) is 23.0 Å². The molecule has 0 bridgehead atoms. The first-order valence-corrected chi connectivity index (χ1v) is 6.96. The van der Waals surface area contributed by atoms with Crippen LogP contribution in [0.15, 0.2) is 0 Å². The first-order valence-electron chi connectivity index (χ1n) is 6.96. The lowest BCUT2D eigenvalue weighted by Crippen LogP contribution is -2.59. The smallest absolute Gasteiger partial charge is 0.0246 e. The zero-order valence-corrected chi connectivity index (χ0v) is 11.2. The lowest BCUT2D eigenvalue weighted by Gasteiger charge is -2.51. The van der Waals surface area contributed by atoms with Gasteiger partial charge in [-0.2, -0.15) is 0 Å². The van der Waals surface area contributed by atoms with E-state index in [0.29, 0.717) is 11.5 Å². The highest BCUT2D eigenvalue weighted by molar-refractivity contribution is 4.94. The Morgan fingerprint density at radius 3 is 2.19 bits per heavy atom. The minimum Gasteiger partial charge on any atom is -0.329 e. The SMILES string of the molecule is CC(C)(C)C1CN(C(CN)C2CCCC2)C1. The quantitative estimate of drug-likeness (QED) is 0.798. The summed E-state index contributed by atoms with van der Waals surface area (Å²) in [5.74, 6) is 1.77. The van der Waals surface area contributed by atoms with Crippen LogP contribution in [0.1, 0.15) is 46.5 Å². The van der Waals surface area contributed by atoms with E-state index in [2.05, 4.69) is 25.7 Å². The molecular formula is C14H28N2. The van der Waals surface area contributed by atoms with E-state index in [9.17, 15) is 0 Å². The summed E-state index contributed by atoms with van der Waals surface area (Å²) >= 11 is 0. The molecule has 2 nitrogen and oxygen atoms in total. The molecule has 0 aromatic carbocycles. The Labute approximate surface area is 101 Å². The van der Waals surface area contributed by atoms with Crippen LogP contribution in [-0.2, 0) is 0 Å². The van der Waals surface area contributed by atoms with Crippen LogP contribution >= 0.6 is 0 Å². The average Bonchev–Trinajstić information content (AvgIpc) is 2.60. The summed E-state index contributed by atoms with van der Waals surface area (Å²) in [4.78, 5) is 2.64. The molecule has 2 aliphatic rings. The number of hydrogen-bond acceptors (Lipinski definition) is 2. The predicted octanol–water partition coefficient (Wildman–Crippen LogP) is 2.48. The largest absolute Gasteiger partial charge is 0.329 e. The van der Waals surface area contributed by atoms with Gasteiger partial charge in [-0.15, -0.1) is 0 Å². The van der Waals surface area contributed by atoms with E-state index in [-0.39, 0.29) is 0 Å². The van der Waals surface area contributed by atoms with Crippen molar-refractivity contribution in [3.8, 4) is 0 Å². The Hall–Kier alpha value is -0.0800. The van der Waals surface area contributed by atoms with E-state index in [4.69, 9.17) is 5.73 Å². The fourth-order valence-electron chi connectivity index (χ4n) is 3.31. The van der Waals surface area contributed by atoms with Gasteiger partial charge in [0.2, 0.25) is 0 Å². The third kappa shape index (κ3) is 2.43. The van der Waals surface area contributed by atoms with Gasteiger partial charge < -0.3 is 5.73 Å². The number of nitrogens with zero attached hydrogens (tertiary/aromatic N) is 1. The van der Waals surface area contributed by atoms with Crippen molar-refractivity contribution >= 4 is 0 Å². The number of nitrogens with two attached hydrogens (primary N) is 1. The van der Waals surface area contributed by atoms with Crippen molar-refractivity contribution in [3.63, 3.8) is 0 Å². The second-order valence-electron chi connectivity index (χ2n) is 6.86. The highest BCUT2D eigenvalue weighted by atomic mass is 15.2. The standard InChI is InChI=1S/C14H28N2/c1-14(2,3)12-9-16(10-12)13(8-15)11-6-4-5-7-11/h11-13H,4-10,15H2,1-3H3. The average molecular weight is 224 g/mol. The molecule has 1 saturated carbocycles. The molecule has 2 heteroatoms. The molecule has 0 amide bonds. The van der Waals surface area contributed by atoms with Gasteiger partial charge in [-0.3, -0.25) is 4.90 Å². The monoisotopic (exact) mass is 224 g/mol. The van der Waals surface area contributed by atoms with E-state index in [1.165, 1.54) is 38.8 Å². The molecule has 1 unspecified atom stereocenters. The molecule has 1 saturated heterocycles. The molecule has 2 N–H and O–H groups in total. The van der Waals surface area contributed by atoms with Gasteiger partial charge in [0.05, 0.1) is 0 Å². The maximum Gasteiger partial charge on any atom is 0.0246 e. The predicted molar refractivity (Wildman–Crippen MR) is 69.3 cm³/mol. The molecule has 1 aliphatic carbocycles. The molecule has 1 atom stereocenters. The molecule has 1 heterocycles. The lowest BCUT2D eigenvalue weighted by molar-refractivity contribution is -0.0214. The summed E-state index contributed by atoms with van der Waals surface area (Å²) in [6.07, 6.45) is 5.69. The molecule has 0 aromatic heterocycles. The van der Waals surface area contributed by atoms with Gasteiger partial charge in [0.25, 0.3) is 0 Å². The molecule has 16 heavy (non-hydrogen) atoms. The Balaban J connectivity index is 1.84. The second kappa shape index (κ2) is 4.66. The zero-order chi connectivity index (χ0) is 11.8. The molecule has 94 valence electrons. The van der Waals surface area contributed by atoms with E-state index >= 15 is 0 Å². The Morgan fingerprint density at radius 2 is 1.75 bits per heavy atom. The van der Waals surface area contributed by atoms with E-state index in [1.807, 2.05) is 0 Å². The van der Waals surface area contributed by atoms with Crippen LogP contribution in [0.3, 0.4) is 0 Å². The molecule has 0 aromatic rings. The summed E-state index contributed by atoms with van der Waals surface area (Å²) in [5, 5.41) is 0. The summed E-state index contributed by atoms with van der Waals surface area (Å²) in [7, 11) is 0. The molecule has 2 fully saturated rings. The highest BCUT2D eigenvalue weighted by Crippen LogP contribution is 2.38. The number of likely N-dealkylation sites (tertiary alicyclic amines) is 1. The maximum absolute atomic E-state index is 5.98. The lowest BCUT2D eigenvalue weighted by atomic mass is 9.74. The van der Waals surface area contributed by atoms with Crippen LogP contribution in [-0.4, -0.2) is 30.6 Å². The second-order valence-corrected chi connectivity index (χ2v) is 6.86. The molecule has 2 rings (SSSR count). The van der Waals surface area contributed by atoms with Crippen LogP contribution in [0, 0.1) is 17.3 Å². The molecular weight excluding hydrogens is 196 g/mol. The summed E-state index contributed by atoms with van der Waals surface area (Å²) in [5.41, 5.74) is 6.45. The molecule has 1 aliphatic heterocycles. The van der Waals surface area contributed by atoms with E-state index in [1.54, 1.807) is 0 Å².